The molecular weight excluding hydrogens is 218 g/mol. The van der Waals surface area contributed by atoms with Gasteiger partial charge in [0.05, 0.1) is 18.8 Å². The highest BCUT2D eigenvalue weighted by atomic mass is 16.3. The first-order chi connectivity index (χ1) is 8.24. The number of hydrogen-bond acceptors (Lipinski definition) is 5. The molecule has 17 heavy (non-hydrogen) atoms. The minimum Gasteiger partial charge on any atom is -0.394 e. The summed E-state index contributed by atoms with van der Waals surface area (Å²) in [6.07, 6.45) is 5.24. The molecule has 2 rings (SSSR count). The van der Waals surface area contributed by atoms with Gasteiger partial charge in [-0.25, -0.2) is 9.97 Å². The average Bonchev–Trinajstić information content (AvgIpc) is 2.85. The van der Waals surface area contributed by atoms with Crippen molar-refractivity contribution in [2.24, 2.45) is 0 Å². The predicted octanol–water partition coefficient (Wildman–Crippen LogP) is 0.511. The Hall–Kier alpha value is -1.20. The summed E-state index contributed by atoms with van der Waals surface area (Å²) in [4.78, 5) is 8.49. The fourth-order valence-electron chi connectivity index (χ4n) is 2.16. The molecule has 5 heteroatoms. The van der Waals surface area contributed by atoms with Crippen LogP contribution in [0, 0.1) is 0 Å². The zero-order valence-corrected chi connectivity index (χ0v) is 10.1. The lowest BCUT2D eigenvalue weighted by atomic mass is 9.98. The van der Waals surface area contributed by atoms with E-state index >= 15 is 0 Å². The number of aryl methyl sites for hydroxylation is 1. The first-order valence-electron chi connectivity index (χ1n) is 6.07. The van der Waals surface area contributed by atoms with Crippen molar-refractivity contribution >= 4 is 5.82 Å². The zero-order chi connectivity index (χ0) is 12.3. The highest BCUT2D eigenvalue weighted by Gasteiger charge is 2.29. The van der Waals surface area contributed by atoms with Crippen molar-refractivity contribution in [1.29, 1.82) is 0 Å². The molecule has 0 fully saturated rings. The maximum atomic E-state index is 9.42. The van der Waals surface area contributed by atoms with Crippen molar-refractivity contribution in [2.75, 3.05) is 18.5 Å². The number of nitrogens with zero attached hydrogens (tertiary/aromatic N) is 2. The van der Waals surface area contributed by atoms with Crippen molar-refractivity contribution in [3.8, 4) is 0 Å². The number of aliphatic hydroxyl groups is 2. The maximum Gasteiger partial charge on any atom is 0.133 e. The Kier molecular flexibility index (Phi) is 3.59. The van der Waals surface area contributed by atoms with E-state index in [0.29, 0.717) is 6.42 Å². The molecule has 0 saturated heterocycles. The van der Waals surface area contributed by atoms with E-state index in [2.05, 4.69) is 15.3 Å². The SMILES string of the molecule is CCC(CO)(CO)Nc1ncnc2c1CCC2. The molecule has 0 bridgehead atoms. The molecule has 3 N–H and O–H groups in total. The van der Waals surface area contributed by atoms with Crippen molar-refractivity contribution in [2.45, 2.75) is 38.1 Å². The van der Waals surface area contributed by atoms with Crippen LogP contribution in [0.5, 0.6) is 0 Å². The third kappa shape index (κ3) is 2.25. The molecule has 0 amide bonds. The van der Waals surface area contributed by atoms with Crippen LogP contribution in [0.3, 0.4) is 0 Å². The van der Waals surface area contributed by atoms with Crippen LogP contribution in [0.15, 0.2) is 6.33 Å². The lowest BCUT2D eigenvalue weighted by Gasteiger charge is -2.31. The van der Waals surface area contributed by atoms with Crippen LogP contribution in [0.2, 0.25) is 0 Å². The monoisotopic (exact) mass is 237 g/mol. The highest BCUT2D eigenvalue weighted by Crippen LogP contribution is 2.27. The van der Waals surface area contributed by atoms with Crippen molar-refractivity contribution in [1.82, 2.24) is 9.97 Å². The number of aromatic nitrogens is 2. The zero-order valence-electron chi connectivity index (χ0n) is 10.1. The molecular formula is C12H19N3O2. The van der Waals surface area contributed by atoms with Crippen molar-refractivity contribution < 1.29 is 10.2 Å². The second-order valence-electron chi connectivity index (χ2n) is 4.58. The van der Waals surface area contributed by atoms with E-state index in [1.54, 1.807) is 6.33 Å². The standard InChI is InChI=1S/C12H19N3O2/c1-2-12(6-16,7-17)15-11-9-4-3-5-10(9)13-8-14-11/h8,16-17H,2-7H2,1H3,(H,13,14,15). The van der Waals surface area contributed by atoms with E-state index in [0.717, 1.165) is 36.3 Å². The summed E-state index contributed by atoms with van der Waals surface area (Å²) >= 11 is 0. The number of nitrogens with one attached hydrogen (secondary N) is 1. The van der Waals surface area contributed by atoms with Crippen LogP contribution in [0.4, 0.5) is 5.82 Å². The fraction of sp³-hybridized carbons (Fsp3) is 0.667. The Labute approximate surface area is 101 Å². The third-order valence-corrected chi connectivity index (χ3v) is 3.54. The normalized spacial score (nSPS) is 14.8. The number of fused-ring (bicyclic) bond motifs is 1. The van der Waals surface area contributed by atoms with Gasteiger partial charge in [-0.05, 0) is 25.7 Å². The summed E-state index contributed by atoms with van der Waals surface area (Å²) in [5, 5.41) is 22.0. The molecule has 94 valence electrons. The molecule has 0 radical (unpaired) electrons. The third-order valence-electron chi connectivity index (χ3n) is 3.54. The summed E-state index contributed by atoms with van der Waals surface area (Å²) in [5.41, 5.74) is 1.53. The van der Waals surface area contributed by atoms with E-state index in [1.165, 1.54) is 0 Å². The lowest BCUT2D eigenvalue weighted by Crippen LogP contribution is -2.45. The number of anilines is 1. The molecule has 1 aromatic rings. The largest absolute Gasteiger partial charge is 0.394 e. The fourth-order valence-corrected chi connectivity index (χ4v) is 2.16. The van der Waals surface area contributed by atoms with Gasteiger partial charge >= 0.3 is 0 Å². The molecule has 1 aliphatic rings. The first-order valence-corrected chi connectivity index (χ1v) is 6.07. The highest BCUT2D eigenvalue weighted by molar-refractivity contribution is 5.49. The van der Waals surface area contributed by atoms with Gasteiger partial charge in [-0.15, -0.1) is 0 Å². The summed E-state index contributed by atoms with van der Waals surface area (Å²) in [5.74, 6) is 0.762. The second kappa shape index (κ2) is 4.98. The Morgan fingerprint density at radius 2 is 2.06 bits per heavy atom. The molecule has 0 aromatic carbocycles. The van der Waals surface area contributed by atoms with Gasteiger partial charge in [0.2, 0.25) is 0 Å². The van der Waals surface area contributed by atoms with Crippen LogP contribution in [-0.4, -0.2) is 38.9 Å². The average molecular weight is 237 g/mol. The molecule has 1 aliphatic carbocycles. The maximum absolute atomic E-state index is 9.42. The van der Waals surface area contributed by atoms with Gasteiger partial charge < -0.3 is 15.5 Å². The Bertz CT molecular complexity index is 383. The van der Waals surface area contributed by atoms with Crippen molar-refractivity contribution in [3.05, 3.63) is 17.6 Å². The molecule has 1 heterocycles. The molecule has 5 nitrogen and oxygen atoms in total. The predicted molar refractivity (Wildman–Crippen MR) is 64.9 cm³/mol. The van der Waals surface area contributed by atoms with Gasteiger partial charge in [0.25, 0.3) is 0 Å². The Morgan fingerprint density at radius 3 is 2.71 bits per heavy atom. The minimum absolute atomic E-state index is 0.112. The van der Waals surface area contributed by atoms with Crippen LogP contribution >= 0.6 is 0 Å². The van der Waals surface area contributed by atoms with E-state index < -0.39 is 5.54 Å². The molecule has 0 aliphatic heterocycles. The van der Waals surface area contributed by atoms with E-state index in [4.69, 9.17) is 0 Å². The lowest BCUT2D eigenvalue weighted by molar-refractivity contribution is 0.132. The number of rotatable bonds is 5. The molecule has 0 spiro atoms. The summed E-state index contributed by atoms with van der Waals surface area (Å²) < 4.78 is 0. The molecule has 0 saturated carbocycles. The quantitative estimate of drug-likeness (QED) is 0.695. The van der Waals surface area contributed by atoms with Crippen molar-refractivity contribution in [3.63, 3.8) is 0 Å². The second-order valence-corrected chi connectivity index (χ2v) is 4.58. The van der Waals surface area contributed by atoms with Crippen LogP contribution in [-0.2, 0) is 12.8 Å². The van der Waals surface area contributed by atoms with Crippen LogP contribution < -0.4 is 5.32 Å². The first kappa shape index (κ1) is 12.3. The van der Waals surface area contributed by atoms with Gasteiger partial charge in [0.15, 0.2) is 0 Å². The van der Waals surface area contributed by atoms with Gasteiger partial charge in [-0.3, -0.25) is 0 Å². The summed E-state index contributed by atoms with van der Waals surface area (Å²) in [6.45, 7) is 1.71. The van der Waals surface area contributed by atoms with Gasteiger partial charge in [-0.1, -0.05) is 6.92 Å². The van der Waals surface area contributed by atoms with Gasteiger partial charge in [0, 0.05) is 11.3 Å². The van der Waals surface area contributed by atoms with Crippen LogP contribution in [0.25, 0.3) is 0 Å². The Morgan fingerprint density at radius 1 is 1.29 bits per heavy atom. The smallest absolute Gasteiger partial charge is 0.133 e. The topological polar surface area (TPSA) is 78.3 Å². The van der Waals surface area contributed by atoms with Gasteiger partial charge in [0.1, 0.15) is 12.1 Å². The van der Waals surface area contributed by atoms with E-state index in [1.807, 2.05) is 6.92 Å². The Balaban J connectivity index is 2.26. The minimum atomic E-state index is -0.690. The van der Waals surface area contributed by atoms with E-state index in [9.17, 15) is 10.2 Å². The van der Waals surface area contributed by atoms with Gasteiger partial charge in [-0.2, -0.15) is 0 Å². The summed E-state index contributed by atoms with van der Waals surface area (Å²) in [6, 6.07) is 0. The summed E-state index contributed by atoms with van der Waals surface area (Å²) in [7, 11) is 0. The molecule has 0 unspecified atom stereocenters. The molecule has 1 aromatic heterocycles. The van der Waals surface area contributed by atoms with Crippen LogP contribution in [0.1, 0.15) is 31.0 Å². The number of hydrogen-bond donors (Lipinski definition) is 3. The number of aliphatic hydroxyl groups excluding tert-OH is 2. The molecule has 0 atom stereocenters. The van der Waals surface area contributed by atoms with E-state index in [-0.39, 0.29) is 13.2 Å².